The first-order chi connectivity index (χ1) is 10.1. The van der Waals surface area contributed by atoms with E-state index in [2.05, 4.69) is 51.2 Å². The van der Waals surface area contributed by atoms with Gasteiger partial charge >= 0.3 is 0 Å². The second kappa shape index (κ2) is 7.28. The summed E-state index contributed by atoms with van der Waals surface area (Å²) in [5, 5.41) is 3.53. The lowest BCUT2D eigenvalue weighted by molar-refractivity contribution is -0.0890. The van der Waals surface area contributed by atoms with Crippen LogP contribution in [-0.2, 0) is 4.74 Å². The molecule has 0 saturated heterocycles. The van der Waals surface area contributed by atoms with Crippen molar-refractivity contribution in [1.82, 2.24) is 5.32 Å². The van der Waals surface area contributed by atoms with Crippen molar-refractivity contribution >= 4 is 0 Å². The Morgan fingerprint density at radius 2 is 2.10 bits per heavy atom. The predicted molar refractivity (Wildman–Crippen MR) is 87.2 cm³/mol. The molecule has 2 rings (SSSR count). The molecule has 1 aliphatic rings. The Bertz CT molecular complexity index is 459. The zero-order valence-corrected chi connectivity index (χ0v) is 14.0. The summed E-state index contributed by atoms with van der Waals surface area (Å²) >= 11 is 0. The van der Waals surface area contributed by atoms with Crippen LogP contribution in [-0.4, -0.2) is 31.9 Å². The topological polar surface area (TPSA) is 30.5 Å². The number of ether oxygens (including phenoxy) is 2. The summed E-state index contributed by atoms with van der Waals surface area (Å²) in [6.45, 7) is 9.74. The third-order valence-corrected chi connectivity index (χ3v) is 4.25. The molecule has 21 heavy (non-hydrogen) atoms. The van der Waals surface area contributed by atoms with E-state index in [-0.39, 0.29) is 12.2 Å². The van der Waals surface area contributed by atoms with E-state index in [9.17, 15) is 0 Å². The van der Waals surface area contributed by atoms with E-state index >= 15 is 0 Å². The molecule has 0 spiro atoms. The fourth-order valence-electron chi connectivity index (χ4n) is 2.93. The van der Waals surface area contributed by atoms with Crippen LogP contribution in [0.15, 0.2) is 18.2 Å². The molecule has 0 radical (unpaired) electrons. The Labute approximate surface area is 129 Å². The Kier molecular flexibility index (Phi) is 5.65. The summed E-state index contributed by atoms with van der Waals surface area (Å²) in [4.78, 5) is 0. The summed E-state index contributed by atoms with van der Waals surface area (Å²) in [5.74, 6) is 1.49. The Morgan fingerprint density at radius 3 is 2.71 bits per heavy atom. The average Bonchev–Trinajstić information content (AvgIpc) is 2.42. The number of aryl methyl sites for hydroxylation is 1. The molecule has 118 valence electrons. The number of methoxy groups -OCH3 is 1. The van der Waals surface area contributed by atoms with E-state index in [4.69, 9.17) is 9.47 Å². The highest BCUT2D eigenvalue weighted by Gasteiger charge is 2.43. The minimum atomic E-state index is 0.150. The van der Waals surface area contributed by atoms with Gasteiger partial charge in [-0.25, -0.2) is 0 Å². The predicted octanol–water partition coefficient (Wildman–Crippen LogP) is 3.65. The van der Waals surface area contributed by atoms with Crippen LogP contribution in [0.3, 0.4) is 0 Å². The van der Waals surface area contributed by atoms with Gasteiger partial charge in [0.05, 0.1) is 0 Å². The van der Waals surface area contributed by atoms with E-state index < -0.39 is 0 Å². The number of hydrogen-bond donors (Lipinski definition) is 1. The molecule has 3 unspecified atom stereocenters. The minimum Gasteiger partial charge on any atom is -0.487 e. The molecule has 0 aromatic heterocycles. The summed E-state index contributed by atoms with van der Waals surface area (Å²) in [7, 11) is 1.78. The highest BCUT2D eigenvalue weighted by Crippen LogP contribution is 2.33. The lowest BCUT2D eigenvalue weighted by Gasteiger charge is -2.44. The van der Waals surface area contributed by atoms with Crippen molar-refractivity contribution in [3.63, 3.8) is 0 Å². The van der Waals surface area contributed by atoms with E-state index in [0.717, 1.165) is 25.1 Å². The average molecular weight is 291 g/mol. The SMILES string of the molecule is CCCNC1CC(Oc2cc(C)ccc2C(C)C)C1OC. The van der Waals surface area contributed by atoms with Crippen LogP contribution in [0.1, 0.15) is 50.7 Å². The molecule has 0 bridgehead atoms. The quantitative estimate of drug-likeness (QED) is 0.832. The number of hydrogen-bond acceptors (Lipinski definition) is 3. The zero-order chi connectivity index (χ0) is 15.4. The molecule has 1 N–H and O–H groups in total. The largest absolute Gasteiger partial charge is 0.487 e. The van der Waals surface area contributed by atoms with Crippen LogP contribution in [0, 0.1) is 6.92 Å². The third kappa shape index (κ3) is 3.78. The monoisotopic (exact) mass is 291 g/mol. The van der Waals surface area contributed by atoms with Crippen molar-refractivity contribution < 1.29 is 9.47 Å². The van der Waals surface area contributed by atoms with Gasteiger partial charge in [-0.2, -0.15) is 0 Å². The second-order valence-corrected chi connectivity index (χ2v) is 6.35. The minimum absolute atomic E-state index is 0.150. The summed E-state index contributed by atoms with van der Waals surface area (Å²) in [5.41, 5.74) is 2.52. The third-order valence-electron chi connectivity index (χ3n) is 4.25. The molecule has 3 atom stereocenters. The van der Waals surface area contributed by atoms with Gasteiger partial charge in [-0.05, 0) is 43.0 Å². The van der Waals surface area contributed by atoms with Gasteiger partial charge in [0, 0.05) is 19.6 Å². The fraction of sp³-hybridized carbons (Fsp3) is 0.667. The van der Waals surface area contributed by atoms with Gasteiger partial charge < -0.3 is 14.8 Å². The lowest BCUT2D eigenvalue weighted by Crippen LogP contribution is -2.61. The highest BCUT2D eigenvalue weighted by atomic mass is 16.5. The van der Waals surface area contributed by atoms with Crippen LogP contribution >= 0.6 is 0 Å². The van der Waals surface area contributed by atoms with E-state index in [1.165, 1.54) is 11.1 Å². The van der Waals surface area contributed by atoms with Crippen molar-refractivity contribution in [2.45, 2.75) is 64.7 Å². The maximum Gasteiger partial charge on any atom is 0.128 e. The summed E-state index contributed by atoms with van der Waals surface area (Å²) in [6, 6.07) is 6.91. The lowest BCUT2D eigenvalue weighted by atomic mass is 9.85. The second-order valence-electron chi connectivity index (χ2n) is 6.35. The molecular formula is C18H29NO2. The molecule has 1 aromatic carbocycles. The van der Waals surface area contributed by atoms with Gasteiger partial charge in [-0.3, -0.25) is 0 Å². The molecule has 3 heteroatoms. The number of rotatable bonds is 7. The first-order valence-corrected chi connectivity index (χ1v) is 8.10. The van der Waals surface area contributed by atoms with Crippen LogP contribution in [0.5, 0.6) is 5.75 Å². The van der Waals surface area contributed by atoms with Crippen LogP contribution in [0.4, 0.5) is 0 Å². The molecule has 0 aliphatic heterocycles. The van der Waals surface area contributed by atoms with Gasteiger partial charge in [0.15, 0.2) is 0 Å². The smallest absolute Gasteiger partial charge is 0.128 e. The number of benzene rings is 1. The highest BCUT2D eigenvalue weighted by molar-refractivity contribution is 5.39. The normalized spacial score (nSPS) is 25.0. The van der Waals surface area contributed by atoms with Crippen molar-refractivity contribution in [2.24, 2.45) is 0 Å². The molecule has 0 heterocycles. The zero-order valence-electron chi connectivity index (χ0n) is 14.0. The number of nitrogens with one attached hydrogen (secondary N) is 1. The standard InChI is InChI=1S/C18H29NO2/c1-6-9-19-15-11-17(18(15)20-5)21-16-10-13(4)7-8-14(16)12(2)3/h7-8,10,12,15,17-19H,6,9,11H2,1-5H3. The molecule has 3 nitrogen and oxygen atoms in total. The Balaban J connectivity index is 2.04. The maximum atomic E-state index is 6.27. The summed E-state index contributed by atoms with van der Waals surface area (Å²) in [6.07, 6.45) is 2.47. The first-order valence-electron chi connectivity index (χ1n) is 8.10. The van der Waals surface area contributed by atoms with Crippen molar-refractivity contribution in [3.05, 3.63) is 29.3 Å². The van der Waals surface area contributed by atoms with E-state index in [0.29, 0.717) is 12.0 Å². The molecule has 1 aromatic rings. The molecule has 0 amide bonds. The van der Waals surface area contributed by atoms with Crippen molar-refractivity contribution in [2.75, 3.05) is 13.7 Å². The van der Waals surface area contributed by atoms with Gasteiger partial charge in [0.2, 0.25) is 0 Å². The van der Waals surface area contributed by atoms with Crippen molar-refractivity contribution in [3.8, 4) is 5.75 Å². The Morgan fingerprint density at radius 1 is 1.33 bits per heavy atom. The molecule has 1 fully saturated rings. The van der Waals surface area contributed by atoms with Crippen LogP contribution < -0.4 is 10.1 Å². The molecular weight excluding hydrogens is 262 g/mol. The van der Waals surface area contributed by atoms with Gasteiger partial charge in [-0.1, -0.05) is 32.9 Å². The van der Waals surface area contributed by atoms with Crippen LogP contribution in [0.2, 0.25) is 0 Å². The van der Waals surface area contributed by atoms with Gasteiger partial charge in [0.25, 0.3) is 0 Å². The Hall–Kier alpha value is -1.06. The summed E-state index contributed by atoms with van der Waals surface area (Å²) < 4.78 is 11.9. The van der Waals surface area contributed by atoms with Gasteiger partial charge in [-0.15, -0.1) is 0 Å². The van der Waals surface area contributed by atoms with Crippen molar-refractivity contribution in [1.29, 1.82) is 0 Å². The first kappa shape index (κ1) is 16.3. The molecule has 1 saturated carbocycles. The van der Waals surface area contributed by atoms with Crippen LogP contribution in [0.25, 0.3) is 0 Å². The maximum absolute atomic E-state index is 6.27. The van der Waals surface area contributed by atoms with Gasteiger partial charge in [0.1, 0.15) is 18.0 Å². The fourth-order valence-corrected chi connectivity index (χ4v) is 2.93. The molecule has 1 aliphatic carbocycles. The van der Waals surface area contributed by atoms with E-state index in [1.54, 1.807) is 7.11 Å². The van der Waals surface area contributed by atoms with E-state index in [1.807, 2.05) is 0 Å².